The van der Waals surface area contributed by atoms with Gasteiger partial charge in [0, 0.05) is 6.54 Å². The van der Waals surface area contributed by atoms with E-state index in [1.165, 1.54) is 4.90 Å². The summed E-state index contributed by atoms with van der Waals surface area (Å²) in [5.74, 6) is -1.21. The second-order valence-corrected chi connectivity index (χ2v) is 4.25. The number of hydrogen-bond acceptors (Lipinski definition) is 4. The summed E-state index contributed by atoms with van der Waals surface area (Å²) in [7, 11) is 0. The number of ether oxygens (including phenoxy) is 1. The number of morpholine rings is 1. The number of rotatable bonds is 3. The van der Waals surface area contributed by atoms with Gasteiger partial charge in [0.05, 0.1) is 19.2 Å². The van der Waals surface area contributed by atoms with Crippen LogP contribution in [0.5, 0.6) is 0 Å². The van der Waals surface area contributed by atoms with Crippen LogP contribution < -0.4 is 5.73 Å². The molecule has 3 N–H and O–H groups in total. The van der Waals surface area contributed by atoms with E-state index in [2.05, 4.69) is 0 Å². The molecule has 0 aromatic heterocycles. The highest BCUT2D eigenvalue weighted by molar-refractivity contribution is 5.83. The summed E-state index contributed by atoms with van der Waals surface area (Å²) in [6.07, 6.45) is -0.933. The molecule has 0 bridgehead atoms. The third-order valence-corrected chi connectivity index (χ3v) is 2.66. The van der Waals surface area contributed by atoms with Gasteiger partial charge in [-0.15, -0.1) is 0 Å². The van der Waals surface area contributed by atoms with Crippen LogP contribution in [0.3, 0.4) is 0 Å². The molecule has 1 fully saturated rings. The van der Waals surface area contributed by atoms with Crippen LogP contribution in [0.2, 0.25) is 0 Å². The van der Waals surface area contributed by atoms with Crippen molar-refractivity contribution in [2.45, 2.75) is 26.0 Å². The zero-order valence-corrected chi connectivity index (χ0v) is 9.55. The first kappa shape index (κ1) is 12.9. The zero-order chi connectivity index (χ0) is 12.3. The molecule has 6 heteroatoms. The van der Waals surface area contributed by atoms with Gasteiger partial charge in [0.15, 0.2) is 6.10 Å². The fourth-order valence-electron chi connectivity index (χ4n) is 1.49. The number of carbonyl (C=O) groups is 2. The number of nitrogens with zero attached hydrogens (tertiary/aromatic N) is 1. The molecule has 2 unspecified atom stereocenters. The van der Waals surface area contributed by atoms with Gasteiger partial charge in [0.2, 0.25) is 5.91 Å². The molecule has 1 heterocycles. The highest BCUT2D eigenvalue weighted by Crippen LogP contribution is 2.09. The summed E-state index contributed by atoms with van der Waals surface area (Å²) in [6, 6.07) is -0.576. The molecule has 1 rings (SSSR count). The van der Waals surface area contributed by atoms with Crippen LogP contribution in [0, 0.1) is 5.92 Å². The van der Waals surface area contributed by atoms with Crippen LogP contribution in [0.25, 0.3) is 0 Å². The minimum Gasteiger partial charge on any atom is -0.479 e. The summed E-state index contributed by atoms with van der Waals surface area (Å²) in [5, 5.41) is 8.79. The number of amides is 1. The fraction of sp³-hybridized carbons (Fsp3) is 0.800. The molecule has 0 aliphatic carbocycles. The largest absolute Gasteiger partial charge is 0.479 e. The lowest BCUT2D eigenvalue weighted by atomic mass is 10.0. The molecular formula is C10H18N2O4. The molecule has 0 radical (unpaired) electrons. The van der Waals surface area contributed by atoms with Gasteiger partial charge in [0.1, 0.15) is 0 Å². The van der Waals surface area contributed by atoms with E-state index in [0.29, 0.717) is 6.54 Å². The van der Waals surface area contributed by atoms with Crippen LogP contribution in [-0.4, -0.2) is 53.7 Å². The Balaban J connectivity index is 2.60. The van der Waals surface area contributed by atoms with Gasteiger partial charge >= 0.3 is 5.97 Å². The van der Waals surface area contributed by atoms with Gasteiger partial charge in [-0.1, -0.05) is 13.8 Å². The minimum atomic E-state index is -1.05. The van der Waals surface area contributed by atoms with Crippen molar-refractivity contribution in [3.63, 3.8) is 0 Å². The Kier molecular flexibility index (Phi) is 4.26. The van der Waals surface area contributed by atoms with Crippen molar-refractivity contribution in [1.82, 2.24) is 4.90 Å². The Hall–Kier alpha value is -1.14. The number of aliphatic carboxylic acids is 1. The molecule has 0 spiro atoms. The van der Waals surface area contributed by atoms with E-state index >= 15 is 0 Å². The normalized spacial score (nSPS) is 23.2. The molecule has 1 aliphatic heterocycles. The Bertz CT molecular complexity index is 280. The quantitative estimate of drug-likeness (QED) is 0.667. The number of carboxylic acid groups (broad SMARTS) is 1. The fourth-order valence-corrected chi connectivity index (χ4v) is 1.49. The maximum atomic E-state index is 11.9. The van der Waals surface area contributed by atoms with E-state index in [9.17, 15) is 9.59 Å². The van der Waals surface area contributed by atoms with Crippen molar-refractivity contribution in [2.75, 3.05) is 19.7 Å². The van der Waals surface area contributed by atoms with Gasteiger partial charge in [-0.3, -0.25) is 4.79 Å². The summed E-state index contributed by atoms with van der Waals surface area (Å²) in [6.45, 7) is 4.44. The van der Waals surface area contributed by atoms with Gasteiger partial charge < -0.3 is 20.5 Å². The Morgan fingerprint density at radius 2 is 2.12 bits per heavy atom. The summed E-state index contributed by atoms with van der Waals surface area (Å²) >= 11 is 0. The number of hydrogen-bond donors (Lipinski definition) is 2. The average Bonchev–Trinajstić information content (AvgIpc) is 2.27. The average molecular weight is 230 g/mol. The highest BCUT2D eigenvalue weighted by Gasteiger charge is 2.31. The SMILES string of the molecule is CC(C)C(N)C(=O)N1CCOC(C(=O)O)C1. The Labute approximate surface area is 94.3 Å². The summed E-state index contributed by atoms with van der Waals surface area (Å²) in [5.41, 5.74) is 5.73. The maximum Gasteiger partial charge on any atom is 0.334 e. The standard InChI is InChI=1S/C10H18N2O4/c1-6(2)8(11)9(13)12-3-4-16-7(5-12)10(14)15/h6-8H,3-5,11H2,1-2H3,(H,14,15). The van der Waals surface area contributed by atoms with Crippen molar-refractivity contribution in [3.8, 4) is 0 Å². The predicted octanol–water partition coefficient (Wildman–Crippen LogP) is -0.718. The Morgan fingerprint density at radius 3 is 2.62 bits per heavy atom. The van der Waals surface area contributed by atoms with Crippen molar-refractivity contribution < 1.29 is 19.4 Å². The lowest BCUT2D eigenvalue weighted by Crippen LogP contribution is -2.54. The second kappa shape index (κ2) is 5.27. The maximum absolute atomic E-state index is 11.9. The second-order valence-electron chi connectivity index (χ2n) is 4.25. The van der Waals surface area contributed by atoms with E-state index in [0.717, 1.165) is 0 Å². The van der Waals surface area contributed by atoms with Gasteiger partial charge in [0.25, 0.3) is 0 Å². The number of carboxylic acids is 1. The molecule has 0 aromatic rings. The van der Waals surface area contributed by atoms with Crippen LogP contribution in [0.4, 0.5) is 0 Å². The van der Waals surface area contributed by atoms with Crippen LogP contribution >= 0.6 is 0 Å². The lowest BCUT2D eigenvalue weighted by molar-refractivity contribution is -0.160. The summed E-state index contributed by atoms with van der Waals surface area (Å²) in [4.78, 5) is 24.1. The van der Waals surface area contributed by atoms with E-state index in [-0.39, 0.29) is 25.0 Å². The first-order valence-corrected chi connectivity index (χ1v) is 5.32. The molecule has 0 saturated carbocycles. The molecule has 0 aromatic carbocycles. The molecule has 16 heavy (non-hydrogen) atoms. The minimum absolute atomic E-state index is 0.0404. The highest BCUT2D eigenvalue weighted by atomic mass is 16.5. The third kappa shape index (κ3) is 2.93. The number of carbonyl (C=O) groups excluding carboxylic acids is 1. The van der Waals surface area contributed by atoms with E-state index in [1.54, 1.807) is 0 Å². The smallest absolute Gasteiger partial charge is 0.334 e. The van der Waals surface area contributed by atoms with Crippen LogP contribution in [0.1, 0.15) is 13.8 Å². The van der Waals surface area contributed by atoms with E-state index in [1.807, 2.05) is 13.8 Å². The predicted molar refractivity (Wildman–Crippen MR) is 56.8 cm³/mol. The van der Waals surface area contributed by atoms with E-state index in [4.69, 9.17) is 15.6 Å². The third-order valence-electron chi connectivity index (χ3n) is 2.66. The molecule has 1 saturated heterocycles. The van der Waals surface area contributed by atoms with Crippen LogP contribution in [-0.2, 0) is 14.3 Å². The molecule has 1 amide bonds. The molecular weight excluding hydrogens is 212 g/mol. The first-order valence-electron chi connectivity index (χ1n) is 5.32. The molecule has 92 valence electrons. The first-order chi connectivity index (χ1) is 7.43. The van der Waals surface area contributed by atoms with Gasteiger partial charge in [-0.25, -0.2) is 4.79 Å². The van der Waals surface area contributed by atoms with Crippen molar-refractivity contribution in [1.29, 1.82) is 0 Å². The molecule has 6 nitrogen and oxygen atoms in total. The van der Waals surface area contributed by atoms with Crippen molar-refractivity contribution in [3.05, 3.63) is 0 Å². The van der Waals surface area contributed by atoms with E-state index < -0.39 is 18.1 Å². The monoisotopic (exact) mass is 230 g/mol. The molecule has 1 aliphatic rings. The number of nitrogens with two attached hydrogens (primary N) is 1. The van der Waals surface area contributed by atoms with Gasteiger partial charge in [-0.2, -0.15) is 0 Å². The lowest BCUT2D eigenvalue weighted by Gasteiger charge is -2.33. The topological polar surface area (TPSA) is 92.9 Å². The zero-order valence-electron chi connectivity index (χ0n) is 9.55. The summed E-state index contributed by atoms with van der Waals surface area (Å²) < 4.78 is 5.03. The van der Waals surface area contributed by atoms with Crippen LogP contribution in [0.15, 0.2) is 0 Å². The van der Waals surface area contributed by atoms with Crippen molar-refractivity contribution in [2.24, 2.45) is 11.7 Å². The van der Waals surface area contributed by atoms with Gasteiger partial charge in [-0.05, 0) is 5.92 Å². The molecule has 2 atom stereocenters. The Morgan fingerprint density at radius 1 is 1.50 bits per heavy atom. The van der Waals surface area contributed by atoms with Crippen molar-refractivity contribution >= 4 is 11.9 Å².